The largest absolute Gasteiger partial charge is 0.400 e. The topological polar surface area (TPSA) is 202 Å². The predicted octanol–water partition coefficient (Wildman–Crippen LogP) is 15.0. The molecule has 0 bridgehead atoms. The average Bonchev–Trinajstić information content (AvgIpc) is 3.61. The van der Waals surface area contributed by atoms with E-state index >= 15 is 0 Å². The van der Waals surface area contributed by atoms with E-state index in [9.17, 15) is 9.13 Å². The first kappa shape index (κ1) is 86.5. The fraction of sp³-hybridized carbons (Fsp3) is 0.567. The van der Waals surface area contributed by atoms with Crippen molar-refractivity contribution in [3.63, 3.8) is 0 Å². The van der Waals surface area contributed by atoms with Gasteiger partial charge < -0.3 is 53.5 Å². The fourth-order valence-corrected chi connectivity index (χ4v) is 11.4. The van der Waals surface area contributed by atoms with Gasteiger partial charge in [-0.25, -0.2) is 0 Å². The Balaban J connectivity index is -0.000000496. The number of benzene rings is 4. The Morgan fingerprint density at radius 1 is 0.530 bits per heavy atom. The zero-order chi connectivity index (χ0) is 62.9. The Labute approximate surface area is 539 Å². The molecule has 4 rings (SSSR count). The number of aliphatic hydroxyl groups excluding tert-OH is 4. The van der Waals surface area contributed by atoms with E-state index in [0.29, 0.717) is 76.0 Å². The van der Waals surface area contributed by atoms with Gasteiger partial charge in [0.2, 0.25) is 0 Å². The van der Waals surface area contributed by atoms with Gasteiger partial charge in [0.1, 0.15) is 6.69 Å². The van der Waals surface area contributed by atoms with Crippen LogP contribution in [0.3, 0.4) is 0 Å². The standard InChI is InChI=1S/C18H31O5PS.C14H21ClO2S.C14H23O5PS.C9H9Cl.C3H9BrSi.CH4O.CH4S.H2/c1-3-22-24(20,23-4-2)16-18-8-6-17(7-9-18)10-14-25-15-13-21-12-5-11-19;15-12-14-4-2-13(3-5-14)6-10-18-11-9-17-8-1-7-16;15-7-1-8-19-9-11-21-10-6-13-2-4-14(5-3-13)12-20(16,17)18;1-2-8-3-5-9(7-10)6-4-8;1-5(2,3)4;2*1-2;/h6-9,19H,3-5,10-16H2,1-2H3;2-5,16H,1,6-12H2;2-5,15H,1,6-12H2,(H2,16,17,18);2-6H,1,7H2;1-3H3;2*2H,1H3;1H/i;;;;;;;1+1. The molecule has 0 saturated carbocycles. The van der Waals surface area contributed by atoms with E-state index in [1.54, 1.807) is 18.4 Å². The predicted molar refractivity (Wildman–Crippen MR) is 373 cm³/mol. The number of aliphatic hydroxyl groups is 4. The minimum atomic E-state index is -3.98. The Bertz CT molecular complexity index is 2130. The summed E-state index contributed by atoms with van der Waals surface area (Å²) >= 11 is 24.0. The summed E-state index contributed by atoms with van der Waals surface area (Å²) in [5.41, 5.74) is 8.87. The van der Waals surface area contributed by atoms with E-state index in [-0.39, 0.29) is 27.4 Å². The van der Waals surface area contributed by atoms with Crippen LogP contribution in [0.4, 0.5) is 0 Å². The van der Waals surface area contributed by atoms with Crippen molar-refractivity contribution in [3.8, 4) is 0 Å². The van der Waals surface area contributed by atoms with Crippen LogP contribution in [-0.2, 0) is 75.7 Å². The van der Waals surface area contributed by atoms with Gasteiger partial charge in [0, 0.05) is 77.2 Å². The normalized spacial score (nSPS) is 10.9. The van der Waals surface area contributed by atoms with Crippen LogP contribution < -0.4 is 0 Å². The van der Waals surface area contributed by atoms with Gasteiger partial charge in [0.05, 0.1) is 45.4 Å². The van der Waals surface area contributed by atoms with Crippen LogP contribution in [0.15, 0.2) is 104 Å². The molecule has 83 heavy (non-hydrogen) atoms. The summed E-state index contributed by atoms with van der Waals surface area (Å²) in [5, 5.41) is 32.8. The van der Waals surface area contributed by atoms with Gasteiger partial charge in [0.15, 0.2) is 0 Å². The van der Waals surface area contributed by atoms with Crippen molar-refractivity contribution >= 4 is 114 Å². The van der Waals surface area contributed by atoms with E-state index in [1.807, 2.05) is 104 Å². The summed E-state index contributed by atoms with van der Waals surface area (Å²) in [6.45, 7) is 18.7. The number of halogens is 3. The quantitative estimate of drug-likeness (QED) is 0.00557. The Hall–Kier alpha value is -0.683. The number of alkyl halides is 2. The molecule has 0 radical (unpaired) electrons. The molecule has 480 valence electrons. The molecule has 0 aromatic heterocycles. The monoisotopic (exact) mass is 1400 g/mol. The lowest BCUT2D eigenvalue weighted by molar-refractivity contribution is 0.129. The first-order valence-electron chi connectivity index (χ1n) is 27.7. The highest BCUT2D eigenvalue weighted by molar-refractivity contribution is 9.26. The summed E-state index contributed by atoms with van der Waals surface area (Å²) in [6, 6.07) is 32.0. The van der Waals surface area contributed by atoms with Gasteiger partial charge in [-0.15, -0.1) is 38.5 Å². The number of thiol groups is 1. The molecule has 4 aromatic carbocycles. The van der Waals surface area contributed by atoms with Crippen LogP contribution in [0.25, 0.3) is 6.08 Å². The third-order valence-corrected chi connectivity index (χ3v) is 16.4. The van der Waals surface area contributed by atoms with Crippen molar-refractivity contribution in [3.05, 3.63) is 148 Å². The second-order valence-corrected chi connectivity index (χ2v) is 37.5. The smallest absolute Gasteiger partial charge is 0.335 e. The van der Waals surface area contributed by atoms with Gasteiger partial charge in [-0.05, 0) is 120 Å². The number of ether oxygens (including phenoxy) is 3. The number of hydrogen-bond acceptors (Lipinski definition) is 15. The number of aryl methyl sites for hydroxylation is 3. The van der Waals surface area contributed by atoms with Crippen LogP contribution in [0.1, 0.15) is 79.0 Å². The molecule has 0 spiro atoms. The molecule has 0 saturated heterocycles. The molecule has 0 atom stereocenters. The zero-order valence-corrected chi connectivity index (χ0v) is 59.6. The third-order valence-electron chi connectivity index (χ3n) is 10.1. The maximum atomic E-state index is 12.5. The second-order valence-electron chi connectivity index (χ2n) is 18.3. The molecule has 0 aliphatic carbocycles. The fourth-order valence-electron chi connectivity index (χ4n) is 6.18. The minimum absolute atomic E-state index is 0. The summed E-state index contributed by atoms with van der Waals surface area (Å²) in [4.78, 5) is 17.8. The van der Waals surface area contributed by atoms with Crippen molar-refractivity contribution in [2.24, 2.45) is 0 Å². The number of rotatable bonds is 38. The van der Waals surface area contributed by atoms with E-state index in [0.717, 1.165) is 103 Å². The summed E-state index contributed by atoms with van der Waals surface area (Å²) < 4.78 is 50.2. The first-order valence-corrected chi connectivity index (χ1v) is 42.5. The van der Waals surface area contributed by atoms with E-state index in [1.165, 1.54) is 16.7 Å². The summed E-state index contributed by atoms with van der Waals surface area (Å²) in [7, 11) is -6.01. The van der Waals surface area contributed by atoms with Gasteiger partial charge in [0.25, 0.3) is 0 Å². The van der Waals surface area contributed by atoms with Gasteiger partial charge >= 0.3 is 15.2 Å². The maximum Gasteiger partial charge on any atom is 0.335 e. The van der Waals surface area contributed by atoms with Crippen LogP contribution in [0.2, 0.25) is 19.6 Å². The van der Waals surface area contributed by atoms with Crippen LogP contribution >= 0.6 is 102 Å². The molecular formula is C60H103BrCl2O13P2S4Si. The summed E-state index contributed by atoms with van der Waals surface area (Å²) in [6.07, 6.45) is 8.76. The zero-order valence-electron chi connectivity index (χ0n) is 50.4. The van der Waals surface area contributed by atoms with Crippen LogP contribution in [-0.4, -0.2) is 157 Å². The van der Waals surface area contributed by atoms with Gasteiger partial charge in [-0.3, -0.25) is 9.13 Å². The highest BCUT2D eigenvalue weighted by atomic mass is 79.9. The van der Waals surface area contributed by atoms with Crippen molar-refractivity contribution in [1.82, 2.24) is 0 Å². The van der Waals surface area contributed by atoms with Crippen molar-refractivity contribution < 1.29 is 64.0 Å². The van der Waals surface area contributed by atoms with Gasteiger partial charge in [-0.1, -0.05) is 129 Å². The Morgan fingerprint density at radius 2 is 0.807 bits per heavy atom. The second kappa shape index (κ2) is 60.2. The minimum Gasteiger partial charge on any atom is -0.400 e. The lowest BCUT2D eigenvalue weighted by Gasteiger charge is -2.17. The molecular weight excluding hydrogens is 1300 g/mol. The molecule has 0 amide bonds. The molecule has 23 heteroatoms. The molecule has 0 aliphatic heterocycles. The molecule has 4 aromatic rings. The van der Waals surface area contributed by atoms with E-state index < -0.39 is 21.9 Å². The number of thioether (sulfide) groups is 3. The lowest BCUT2D eigenvalue weighted by Crippen LogP contribution is -2.05. The lowest BCUT2D eigenvalue weighted by atomic mass is 10.1. The Morgan fingerprint density at radius 3 is 1.07 bits per heavy atom. The SMILES string of the molecule is C=Cc1ccc(CCl)cc1.CCOP(=O)(Cc1ccc(CCSCCOCCCO)cc1)OCC.CO.CS.C[Si](C)(C)Br.O=P(O)(O)Cc1ccc(CCSCCOCCCO)cc1.OCCCOCCSCCc1ccc(CCl)cc1.[2HH]. The third kappa shape index (κ3) is 58.7. The molecule has 13 nitrogen and oxygen atoms in total. The van der Waals surface area contributed by atoms with Crippen molar-refractivity contribution in [2.75, 3.05) is 121 Å². The van der Waals surface area contributed by atoms with Crippen LogP contribution in [0, 0.1) is 0 Å². The highest BCUT2D eigenvalue weighted by Gasteiger charge is 2.24. The maximum absolute atomic E-state index is 12.5. The summed E-state index contributed by atoms with van der Waals surface area (Å²) in [5.74, 6) is 7.23. The van der Waals surface area contributed by atoms with Crippen molar-refractivity contribution in [1.29, 1.82) is 0 Å². The first-order chi connectivity index (χ1) is 39.9. The molecule has 0 unspecified atom stereocenters. The van der Waals surface area contributed by atoms with E-state index in [4.69, 9.17) is 76.7 Å². The highest BCUT2D eigenvalue weighted by Crippen LogP contribution is 2.51. The van der Waals surface area contributed by atoms with Gasteiger partial charge in [-0.2, -0.15) is 47.9 Å². The molecule has 0 aliphatic rings. The van der Waals surface area contributed by atoms with E-state index in [2.05, 4.69) is 90.5 Å². The molecule has 6 N–H and O–H groups in total. The van der Waals surface area contributed by atoms with Crippen LogP contribution in [0.5, 0.6) is 0 Å². The average molecular weight is 1400 g/mol. The molecule has 0 heterocycles. The Kier molecular flexibility index (Phi) is 62.8. The number of hydrogen-bond donors (Lipinski definition) is 7. The van der Waals surface area contributed by atoms with Crippen molar-refractivity contribution in [2.45, 2.75) is 96.1 Å². The molecule has 0 fully saturated rings.